The highest BCUT2D eigenvalue weighted by Crippen LogP contribution is 2.21. The topological polar surface area (TPSA) is 57.7 Å². The summed E-state index contributed by atoms with van der Waals surface area (Å²) in [5.41, 5.74) is 2.01. The highest BCUT2D eigenvalue weighted by Gasteiger charge is 2.21. The minimum Gasteiger partial charge on any atom is -0.313 e. The van der Waals surface area contributed by atoms with E-state index in [1.165, 1.54) is 18.2 Å². The Morgan fingerprint density at radius 1 is 1.08 bits per heavy atom. The van der Waals surface area contributed by atoms with Crippen molar-refractivity contribution in [1.82, 2.24) is 0 Å². The van der Waals surface area contributed by atoms with Crippen LogP contribution in [0.15, 0.2) is 48.5 Å². The van der Waals surface area contributed by atoms with Crippen LogP contribution in [0.1, 0.15) is 18.9 Å². The standard InChI is InChI=1S/C19H23FN2O3S/c1-4-21(17-9-5-7-15(2)13-17)19(23)11-12-22(26(3,24)25)18-10-6-8-16(20)14-18/h5-10,13-14H,4,11-12H2,1-3H3. The van der Waals surface area contributed by atoms with E-state index in [0.29, 0.717) is 6.54 Å². The van der Waals surface area contributed by atoms with Gasteiger partial charge in [0.25, 0.3) is 0 Å². The average molecular weight is 378 g/mol. The first kappa shape index (κ1) is 19.9. The molecule has 2 aromatic carbocycles. The summed E-state index contributed by atoms with van der Waals surface area (Å²) in [6, 6.07) is 12.9. The Labute approximate surface area is 154 Å². The molecule has 0 aliphatic carbocycles. The zero-order valence-electron chi connectivity index (χ0n) is 15.1. The summed E-state index contributed by atoms with van der Waals surface area (Å²) in [6.45, 7) is 4.23. The van der Waals surface area contributed by atoms with Gasteiger partial charge in [0.15, 0.2) is 0 Å². The molecule has 0 heterocycles. The molecule has 0 atom stereocenters. The monoisotopic (exact) mass is 378 g/mol. The number of hydrogen-bond donors (Lipinski definition) is 0. The summed E-state index contributed by atoms with van der Waals surface area (Å²) in [6.07, 6.45) is 1.03. The highest BCUT2D eigenvalue weighted by molar-refractivity contribution is 7.92. The molecule has 0 unspecified atom stereocenters. The van der Waals surface area contributed by atoms with Crippen LogP contribution in [-0.2, 0) is 14.8 Å². The normalized spacial score (nSPS) is 11.2. The molecular formula is C19H23FN2O3S. The molecule has 0 aliphatic heterocycles. The second-order valence-corrected chi connectivity index (χ2v) is 7.95. The minimum absolute atomic E-state index is 0.00857. The van der Waals surface area contributed by atoms with E-state index in [1.807, 2.05) is 38.1 Å². The first-order chi connectivity index (χ1) is 12.2. The van der Waals surface area contributed by atoms with Crippen molar-refractivity contribution >= 4 is 27.3 Å². The molecule has 1 amide bonds. The molecule has 0 radical (unpaired) electrons. The van der Waals surface area contributed by atoms with Crippen LogP contribution in [0.5, 0.6) is 0 Å². The maximum atomic E-state index is 13.5. The lowest BCUT2D eigenvalue weighted by atomic mass is 10.2. The Hall–Kier alpha value is -2.41. The fourth-order valence-electron chi connectivity index (χ4n) is 2.75. The molecular weight excluding hydrogens is 355 g/mol. The molecule has 0 saturated heterocycles. The highest BCUT2D eigenvalue weighted by atomic mass is 32.2. The van der Waals surface area contributed by atoms with Gasteiger partial charge in [-0.15, -0.1) is 0 Å². The van der Waals surface area contributed by atoms with E-state index in [9.17, 15) is 17.6 Å². The van der Waals surface area contributed by atoms with E-state index >= 15 is 0 Å². The Bertz CT molecular complexity index is 884. The molecule has 26 heavy (non-hydrogen) atoms. The van der Waals surface area contributed by atoms with Crippen LogP contribution < -0.4 is 9.21 Å². The van der Waals surface area contributed by atoms with Crippen molar-refractivity contribution in [2.24, 2.45) is 0 Å². The lowest BCUT2D eigenvalue weighted by Gasteiger charge is -2.25. The summed E-state index contributed by atoms with van der Waals surface area (Å²) in [4.78, 5) is 14.3. The Kier molecular flexibility index (Phi) is 6.37. The zero-order valence-corrected chi connectivity index (χ0v) is 16.0. The Balaban J connectivity index is 2.18. The Morgan fingerprint density at radius 2 is 1.73 bits per heavy atom. The van der Waals surface area contributed by atoms with E-state index in [4.69, 9.17) is 0 Å². The zero-order chi connectivity index (χ0) is 19.3. The van der Waals surface area contributed by atoms with Crippen LogP contribution in [0.3, 0.4) is 0 Å². The molecule has 2 aromatic rings. The summed E-state index contributed by atoms with van der Waals surface area (Å²) in [5.74, 6) is -0.722. The van der Waals surface area contributed by atoms with Crippen molar-refractivity contribution < 1.29 is 17.6 Å². The summed E-state index contributed by atoms with van der Waals surface area (Å²) in [5, 5.41) is 0. The lowest BCUT2D eigenvalue weighted by molar-refractivity contribution is -0.118. The van der Waals surface area contributed by atoms with Gasteiger partial charge in [0.1, 0.15) is 5.82 Å². The van der Waals surface area contributed by atoms with Crippen molar-refractivity contribution in [3.8, 4) is 0 Å². The molecule has 0 saturated carbocycles. The van der Waals surface area contributed by atoms with Gasteiger partial charge >= 0.3 is 0 Å². The number of carbonyl (C=O) groups is 1. The third-order valence-electron chi connectivity index (χ3n) is 3.96. The van der Waals surface area contributed by atoms with E-state index in [-0.39, 0.29) is 24.6 Å². The van der Waals surface area contributed by atoms with Crippen molar-refractivity contribution in [1.29, 1.82) is 0 Å². The maximum Gasteiger partial charge on any atom is 0.232 e. The van der Waals surface area contributed by atoms with Crippen LogP contribution >= 0.6 is 0 Å². The third-order valence-corrected chi connectivity index (χ3v) is 5.15. The number of carbonyl (C=O) groups excluding carboxylic acids is 1. The molecule has 0 aromatic heterocycles. The predicted octanol–water partition coefficient (Wildman–Crippen LogP) is 3.34. The largest absolute Gasteiger partial charge is 0.313 e. The van der Waals surface area contributed by atoms with Crippen LogP contribution in [0.2, 0.25) is 0 Å². The van der Waals surface area contributed by atoms with Crippen molar-refractivity contribution in [3.63, 3.8) is 0 Å². The molecule has 0 bridgehead atoms. The van der Waals surface area contributed by atoms with Gasteiger partial charge < -0.3 is 4.90 Å². The summed E-state index contributed by atoms with van der Waals surface area (Å²) in [7, 11) is -3.64. The van der Waals surface area contributed by atoms with Gasteiger partial charge in [-0.05, 0) is 49.7 Å². The number of nitrogens with zero attached hydrogens (tertiary/aromatic N) is 2. The van der Waals surface area contributed by atoms with Gasteiger partial charge in [-0.3, -0.25) is 9.10 Å². The van der Waals surface area contributed by atoms with Crippen molar-refractivity contribution in [2.75, 3.05) is 28.6 Å². The van der Waals surface area contributed by atoms with Crippen LogP contribution in [-0.4, -0.2) is 33.7 Å². The lowest BCUT2D eigenvalue weighted by Crippen LogP contribution is -2.37. The summed E-state index contributed by atoms with van der Waals surface area (Å²) < 4.78 is 38.7. The van der Waals surface area contributed by atoms with Crippen LogP contribution in [0, 0.1) is 12.7 Å². The van der Waals surface area contributed by atoms with Gasteiger partial charge in [-0.25, -0.2) is 12.8 Å². The van der Waals surface area contributed by atoms with E-state index in [0.717, 1.165) is 27.9 Å². The van der Waals surface area contributed by atoms with E-state index in [1.54, 1.807) is 4.90 Å². The first-order valence-corrected chi connectivity index (χ1v) is 10.2. The Morgan fingerprint density at radius 3 is 2.31 bits per heavy atom. The number of rotatable bonds is 7. The fourth-order valence-corrected chi connectivity index (χ4v) is 3.67. The average Bonchev–Trinajstić information content (AvgIpc) is 2.54. The van der Waals surface area contributed by atoms with Gasteiger partial charge in [-0.1, -0.05) is 18.2 Å². The summed E-state index contributed by atoms with van der Waals surface area (Å²) >= 11 is 0. The second-order valence-electron chi connectivity index (χ2n) is 6.04. The van der Waals surface area contributed by atoms with E-state index < -0.39 is 15.8 Å². The second kappa shape index (κ2) is 8.31. The van der Waals surface area contributed by atoms with Gasteiger partial charge in [0.05, 0.1) is 11.9 Å². The third kappa shape index (κ3) is 5.05. The first-order valence-electron chi connectivity index (χ1n) is 8.32. The number of hydrogen-bond acceptors (Lipinski definition) is 3. The molecule has 2 rings (SSSR count). The minimum atomic E-state index is -3.64. The quantitative estimate of drug-likeness (QED) is 0.742. The smallest absolute Gasteiger partial charge is 0.232 e. The van der Waals surface area contributed by atoms with Crippen LogP contribution in [0.4, 0.5) is 15.8 Å². The fraction of sp³-hybridized carbons (Fsp3) is 0.316. The maximum absolute atomic E-state index is 13.5. The predicted molar refractivity (Wildman–Crippen MR) is 102 cm³/mol. The number of anilines is 2. The molecule has 0 spiro atoms. The van der Waals surface area contributed by atoms with Crippen LogP contribution in [0.25, 0.3) is 0 Å². The molecule has 140 valence electrons. The number of sulfonamides is 1. The van der Waals surface area contributed by atoms with Crippen molar-refractivity contribution in [2.45, 2.75) is 20.3 Å². The molecule has 5 nitrogen and oxygen atoms in total. The van der Waals surface area contributed by atoms with Gasteiger partial charge in [-0.2, -0.15) is 0 Å². The van der Waals surface area contributed by atoms with Gasteiger partial charge in [0, 0.05) is 25.2 Å². The number of aryl methyl sites for hydroxylation is 1. The number of halogens is 1. The molecule has 0 aliphatic rings. The van der Waals surface area contributed by atoms with E-state index in [2.05, 4.69) is 0 Å². The number of benzene rings is 2. The number of amides is 1. The molecule has 7 heteroatoms. The molecule has 0 N–H and O–H groups in total. The van der Waals surface area contributed by atoms with Crippen molar-refractivity contribution in [3.05, 3.63) is 59.9 Å². The SMILES string of the molecule is CCN(C(=O)CCN(c1cccc(F)c1)S(C)(=O)=O)c1cccc(C)c1. The van der Waals surface area contributed by atoms with Gasteiger partial charge in [0.2, 0.25) is 15.9 Å². The molecule has 0 fully saturated rings.